The summed E-state index contributed by atoms with van der Waals surface area (Å²) in [6.45, 7) is 10.0. The first-order valence-corrected chi connectivity index (χ1v) is 11.0. The van der Waals surface area contributed by atoms with E-state index in [1.165, 1.54) is 29.8 Å². The summed E-state index contributed by atoms with van der Waals surface area (Å²) in [5, 5.41) is 4.04. The molecule has 170 valence electrons. The fraction of sp³-hybridized carbons (Fsp3) is 0.400. The second kappa shape index (κ2) is 10.3. The summed E-state index contributed by atoms with van der Waals surface area (Å²) in [6, 6.07) is 12.6. The summed E-state index contributed by atoms with van der Waals surface area (Å²) in [7, 11) is 0. The molecule has 4 rings (SSSR count). The maximum absolute atomic E-state index is 13.4. The average molecular weight is 442 g/mol. The van der Waals surface area contributed by atoms with E-state index in [0.29, 0.717) is 6.61 Å². The minimum absolute atomic E-state index is 0.291. The van der Waals surface area contributed by atoms with Crippen LogP contribution < -0.4 is 0 Å². The zero-order valence-corrected chi connectivity index (χ0v) is 18.6. The highest BCUT2D eigenvalue weighted by atomic mass is 19.1. The fourth-order valence-corrected chi connectivity index (χ4v) is 4.08. The Bertz CT molecular complexity index is 932. The number of ether oxygens (including phenoxy) is 1. The molecule has 0 N–H and O–H groups in total. The van der Waals surface area contributed by atoms with Gasteiger partial charge in [0.1, 0.15) is 23.5 Å². The predicted octanol–water partition coefficient (Wildman–Crippen LogP) is 4.49. The number of hydrogen-bond donors (Lipinski definition) is 0. The van der Waals surface area contributed by atoms with Gasteiger partial charge < -0.3 is 9.26 Å². The van der Waals surface area contributed by atoms with E-state index in [-0.39, 0.29) is 17.7 Å². The van der Waals surface area contributed by atoms with Crippen LogP contribution in [0.3, 0.4) is 0 Å². The molecule has 2 heterocycles. The van der Waals surface area contributed by atoms with Gasteiger partial charge in [-0.15, -0.1) is 0 Å². The van der Waals surface area contributed by atoms with Crippen LogP contribution in [-0.4, -0.2) is 54.3 Å². The lowest BCUT2D eigenvalue weighted by molar-refractivity contribution is 0.0441. The van der Waals surface area contributed by atoms with E-state index < -0.39 is 0 Å². The molecule has 1 saturated heterocycles. The Balaban J connectivity index is 1.30. The molecule has 1 aromatic heterocycles. The topological polar surface area (TPSA) is 41.7 Å². The van der Waals surface area contributed by atoms with Gasteiger partial charge in [-0.2, -0.15) is 0 Å². The Hall–Kier alpha value is -2.61. The van der Waals surface area contributed by atoms with Crippen LogP contribution in [0.5, 0.6) is 0 Å². The van der Waals surface area contributed by atoms with Crippen molar-refractivity contribution in [2.45, 2.75) is 26.5 Å². The van der Waals surface area contributed by atoms with Crippen LogP contribution in [0, 0.1) is 25.5 Å². The highest BCUT2D eigenvalue weighted by molar-refractivity contribution is 5.30. The van der Waals surface area contributed by atoms with Crippen molar-refractivity contribution in [1.29, 1.82) is 0 Å². The van der Waals surface area contributed by atoms with Crippen molar-refractivity contribution in [1.82, 2.24) is 15.0 Å². The lowest BCUT2D eigenvalue weighted by Gasteiger charge is -2.34. The molecule has 0 unspecified atom stereocenters. The molecule has 0 bridgehead atoms. The normalized spacial score (nSPS) is 15.5. The molecule has 3 aromatic rings. The Morgan fingerprint density at radius 1 is 0.875 bits per heavy atom. The maximum atomic E-state index is 13.4. The number of aryl methyl sites for hydroxylation is 2. The van der Waals surface area contributed by atoms with Crippen molar-refractivity contribution in [3.05, 3.63) is 88.3 Å². The second-order valence-corrected chi connectivity index (χ2v) is 8.27. The smallest absolute Gasteiger partial charge is 0.138 e. The van der Waals surface area contributed by atoms with Crippen LogP contribution in [0.1, 0.15) is 34.2 Å². The van der Waals surface area contributed by atoms with Gasteiger partial charge in [0.15, 0.2) is 0 Å². The van der Waals surface area contributed by atoms with Crippen LogP contribution in [0.25, 0.3) is 0 Å². The number of benzene rings is 2. The molecule has 2 aromatic carbocycles. The molecular formula is C25H29F2N3O2. The number of aromatic nitrogens is 1. The zero-order chi connectivity index (χ0) is 22.5. The van der Waals surface area contributed by atoms with Gasteiger partial charge >= 0.3 is 0 Å². The van der Waals surface area contributed by atoms with E-state index in [1.807, 2.05) is 13.8 Å². The molecule has 7 heteroatoms. The summed E-state index contributed by atoms with van der Waals surface area (Å²) < 4.78 is 38.3. The van der Waals surface area contributed by atoms with Crippen molar-refractivity contribution in [3.8, 4) is 0 Å². The molecule has 0 aliphatic carbocycles. The van der Waals surface area contributed by atoms with Gasteiger partial charge in [0.25, 0.3) is 0 Å². The lowest BCUT2D eigenvalue weighted by atomic mass is 10.0. The number of rotatable bonds is 8. The summed E-state index contributed by atoms with van der Waals surface area (Å²) in [6.07, 6.45) is -0.364. The van der Waals surface area contributed by atoms with Crippen molar-refractivity contribution in [3.63, 3.8) is 0 Å². The zero-order valence-electron chi connectivity index (χ0n) is 18.6. The third-order valence-corrected chi connectivity index (χ3v) is 6.07. The monoisotopic (exact) mass is 441 g/mol. The fourth-order valence-electron chi connectivity index (χ4n) is 4.08. The third kappa shape index (κ3) is 5.59. The van der Waals surface area contributed by atoms with Gasteiger partial charge in [-0.1, -0.05) is 29.4 Å². The third-order valence-electron chi connectivity index (χ3n) is 6.07. The molecule has 0 spiro atoms. The second-order valence-electron chi connectivity index (χ2n) is 8.27. The summed E-state index contributed by atoms with van der Waals surface area (Å²) in [4.78, 5) is 4.81. The molecule has 5 nitrogen and oxygen atoms in total. The van der Waals surface area contributed by atoms with E-state index in [0.717, 1.165) is 61.8 Å². The number of nitrogens with zero attached hydrogens (tertiary/aromatic N) is 3. The van der Waals surface area contributed by atoms with Crippen LogP contribution in [0.2, 0.25) is 0 Å². The first kappa shape index (κ1) is 22.6. The van der Waals surface area contributed by atoms with Crippen LogP contribution in [-0.2, 0) is 11.3 Å². The molecule has 0 saturated carbocycles. The molecule has 1 aliphatic rings. The van der Waals surface area contributed by atoms with E-state index >= 15 is 0 Å². The quantitative estimate of drug-likeness (QED) is 0.515. The maximum Gasteiger partial charge on any atom is 0.138 e. The largest absolute Gasteiger partial charge is 0.367 e. The minimum Gasteiger partial charge on any atom is -0.367 e. The van der Waals surface area contributed by atoms with Gasteiger partial charge in [0.05, 0.1) is 12.3 Å². The summed E-state index contributed by atoms with van der Waals surface area (Å²) in [5.74, 6) is 0.313. The molecule has 0 radical (unpaired) electrons. The molecular weight excluding hydrogens is 412 g/mol. The minimum atomic E-state index is -0.364. The lowest BCUT2D eigenvalue weighted by Crippen LogP contribution is -2.46. The van der Waals surface area contributed by atoms with E-state index in [4.69, 9.17) is 9.26 Å². The molecule has 32 heavy (non-hydrogen) atoms. The Labute approximate surface area is 187 Å². The molecule has 0 amide bonds. The van der Waals surface area contributed by atoms with Crippen molar-refractivity contribution in [2.75, 3.05) is 39.3 Å². The van der Waals surface area contributed by atoms with Gasteiger partial charge in [-0.25, -0.2) is 8.78 Å². The van der Waals surface area contributed by atoms with Crippen LogP contribution >= 0.6 is 0 Å². The summed E-state index contributed by atoms with van der Waals surface area (Å²) in [5.41, 5.74) is 3.85. The predicted molar refractivity (Wildman–Crippen MR) is 118 cm³/mol. The Morgan fingerprint density at radius 2 is 1.41 bits per heavy atom. The van der Waals surface area contributed by atoms with E-state index in [9.17, 15) is 8.78 Å². The Kier molecular flexibility index (Phi) is 7.29. The van der Waals surface area contributed by atoms with E-state index in [1.54, 1.807) is 24.3 Å². The first-order valence-electron chi connectivity index (χ1n) is 11.0. The summed E-state index contributed by atoms with van der Waals surface area (Å²) >= 11 is 0. The highest BCUT2D eigenvalue weighted by Gasteiger charge is 2.21. The first-order chi connectivity index (χ1) is 15.5. The Morgan fingerprint density at radius 3 is 1.91 bits per heavy atom. The SMILES string of the molecule is Cc1noc(C)c1CN1CCN(CCOC(c2ccc(F)cc2)c2ccc(F)cc2)CC1. The van der Waals surface area contributed by atoms with Crippen molar-refractivity contribution >= 4 is 0 Å². The van der Waals surface area contributed by atoms with Gasteiger partial charge in [0, 0.05) is 44.8 Å². The molecule has 1 fully saturated rings. The number of piperazine rings is 1. The van der Waals surface area contributed by atoms with Crippen LogP contribution in [0.15, 0.2) is 53.1 Å². The number of hydrogen-bond acceptors (Lipinski definition) is 5. The van der Waals surface area contributed by atoms with Crippen molar-refractivity contribution < 1.29 is 18.0 Å². The van der Waals surface area contributed by atoms with Crippen LogP contribution in [0.4, 0.5) is 8.78 Å². The van der Waals surface area contributed by atoms with E-state index in [2.05, 4.69) is 15.0 Å². The van der Waals surface area contributed by atoms with Gasteiger partial charge in [-0.3, -0.25) is 9.80 Å². The van der Waals surface area contributed by atoms with Crippen molar-refractivity contribution in [2.24, 2.45) is 0 Å². The molecule has 0 atom stereocenters. The molecule has 1 aliphatic heterocycles. The highest BCUT2D eigenvalue weighted by Crippen LogP contribution is 2.26. The number of halogens is 2. The average Bonchev–Trinajstić information content (AvgIpc) is 3.11. The van der Waals surface area contributed by atoms with Gasteiger partial charge in [-0.05, 0) is 49.2 Å². The van der Waals surface area contributed by atoms with Gasteiger partial charge in [0.2, 0.25) is 0 Å². The standard InChI is InChI=1S/C25H29F2N3O2/c1-18-24(19(2)32-28-18)17-30-13-11-29(12-14-30)15-16-31-25(20-3-7-22(26)8-4-20)21-5-9-23(27)10-6-21/h3-10,25H,11-17H2,1-2H3.